The molecule has 3 atom stereocenters. The number of amides is 1. The maximum atomic E-state index is 13.6. The molecule has 2 fully saturated rings. The van der Waals surface area contributed by atoms with Crippen molar-refractivity contribution in [2.75, 3.05) is 18.0 Å². The van der Waals surface area contributed by atoms with Crippen molar-refractivity contribution in [2.45, 2.75) is 55.5 Å². The first-order valence-electron chi connectivity index (χ1n) is 11.5. The first-order chi connectivity index (χ1) is 15.9. The number of hydrogen-bond donors (Lipinski definition) is 0. The smallest absolute Gasteiger partial charge is 0.328 e. The predicted molar refractivity (Wildman–Crippen MR) is 123 cm³/mol. The van der Waals surface area contributed by atoms with Gasteiger partial charge in [0.1, 0.15) is 6.04 Å². The van der Waals surface area contributed by atoms with Crippen LogP contribution in [0, 0.1) is 5.92 Å². The van der Waals surface area contributed by atoms with Crippen LogP contribution in [0.4, 0.5) is 5.69 Å². The lowest BCUT2D eigenvalue weighted by Crippen LogP contribution is -2.46. The molecule has 3 aliphatic rings. The lowest BCUT2D eigenvalue weighted by Gasteiger charge is -2.33. The van der Waals surface area contributed by atoms with Crippen LogP contribution < -0.4 is 4.31 Å². The fraction of sp³-hybridized carbons (Fsp3) is 0.440. The summed E-state index contributed by atoms with van der Waals surface area (Å²) in [6.45, 7) is 0.375. The average molecular weight is 469 g/mol. The highest BCUT2D eigenvalue weighted by Crippen LogP contribution is 2.41. The first-order valence-corrected chi connectivity index (χ1v) is 13.0. The molecule has 0 radical (unpaired) electrons. The molecule has 0 aromatic heterocycles. The van der Waals surface area contributed by atoms with Gasteiger partial charge in [-0.25, -0.2) is 13.2 Å². The van der Waals surface area contributed by atoms with Crippen LogP contribution in [-0.2, 0) is 26.0 Å². The Morgan fingerprint density at radius 3 is 2.64 bits per heavy atom. The highest BCUT2D eigenvalue weighted by Gasteiger charge is 2.48. The molecule has 2 aliphatic heterocycles. The molecule has 33 heavy (non-hydrogen) atoms. The fourth-order valence-corrected chi connectivity index (χ4v) is 7.27. The Morgan fingerprint density at radius 2 is 1.82 bits per heavy atom. The second-order valence-corrected chi connectivity index (χ2v) is 10.9. The molecule has 2 heterocycles. The summed E-state index contributed by atoms with van der Waals surface area (Å²) < 4.78 is 33.3. The van der Waals surface area contributed by atoms with Crippen molar-refractivity contribution in [3.05, 3.63) is 59.7 Å². The van der Waals surface area contributed by atoms with Crippen LogP contribution in [0.25, 0.3) is 0 Å². The standard InChI is InChI=1S/C25H28N2O5S/c1-32-25(29)23-16-18-8-3-5-12-22(18)27(23)24(28)19-9-6-10-20(15-19)33(30,31)26-14-13-17-7-2-4-11-21(17)26/h2,4,6-7,9-11,15,18,22-23H,3,5,8,12-14,16H2,1H3/t18-,22-,23-/m0/s1. The van der Waals surface area contributed by atoms with E-state index < -0.39 is 22.0 Å². The Morgan fingerprint density at radius 1 is 1.03 bits per heavy atom. The monoisotopic (exact) mass is 468 g/mol. The van der Waals surface area contributed by atoms with Crippen molar-refractivity contribution in [2.24, 2.45) is 5.92 Å². The van der Waals surface area contributed by atoms with E-state index in [4.69, 9.17) is 4.74 Å². The second kappa shape index (κ2) is 8.48. The fourth-order valence-electron chi connectivity index (χ4n) is 5.72. The third-order valence-electron chi connectivity index (χ3n) is 7.31. The van der Waals surface area contributed by atoms with Crippen LogP contribution >= 0.6 is 0 Å². The molecule has 5 rings (SSSR count). The van der Waals surface area contributed by atoms with Crippen molar-refractivity contribution in [3.8, 4) is 0 Å². The Labute approximate surface area is 194 Å². The molecule has 2 aromatic carbocycles. The average Bonchev–Trinajstić information content (AvgIpc) is 3.45. The summed E-state index contributed by atoms with van der Waals surface area (Å²) in [4.78, 5) is 27.9. The lowest BCUT2D eigenvalue weighted by molar-refractivity contribution is -0.145. The number of carbonyl (C=O) groups is 2. The zero-order chi connectivity index (χ0) is 23.2. The van der Waals surface area contributed by atoms with E-state index in [1.807, 2.05) is 24.3 Å². The molecule has 7 nitrogen and oxygen atoms in total. The van der Waals surface area contributed by atoms with E-state index in [-0.39, 0.29) is 28.3 Å². The number of hydrogen-bond acceptors (Lipinski definition) is 5. The van der Waals surface area contributed by atoms with Gasteiger partial charge < -0.3 is 9.64 Å². The van der Waals surface area contributed by atoms with Crippen LogP contribution in [0.1, 0.15) is 48.0 Å². The first kappa shape index (κ1) is 21.9. The Hall–Kier alpha value is -2.87. The van der Waals surface area contributed by atoms with Gasteiger partial charge in [0.25, 0.3) is 15.9 Å². The summed E-state index contributed by atoms with van der Waals surface area (Å²) in [6.07, 6.45) is 5.22. The molecular weight excluding hydrogens is 440 g/mol. The maximum Gasteiger partial charge on any atom is 0.328 e. The van der Waals surface area contributed by atoms with Crippen LogP contribution in [0.2, 0.25) is 0 Å². The van der Waals surface area contributed by atoms with Gasteiger partial charge in [-0.1, -0.05) is 37.1 Å². The number of benzene rings is 2. The molecule has 0 spiro atoms. The summed E-state index contributed by atoms with van der Waals surface area (Å²) >= 11 is 0. The number of fused-ring (bicyclic) bond motifs is 2. The van der Waals surface area contributed by atoms with E-state index in [1.165, 1.54) is 23.5 Å². The Bertz CT molecular complexity index is 1190. The number of likely N-dealkylation sites (tertiary alicyclic amines) is 1. The summed E-state index contributed by atoms with van der Waals surface area (Å²) in [5.41, 5.74) is 1.96. The zero-order valence-electron chi connectivity index (χ0n) is 18.6. The van der Waals surface area contributed by atoms with E-state index >= 15 is 0 Å². The van der Waals surface area contributed by atoms with Gasteiger partial charge in [-0.15, -0.1) is 0 Å². The van der Waals surface area contributed by atoms with Crippen molar-refractivity contribution in [3.63, 3.8) is 0 Å². The largest absolute Gasteiger partial charge is 0.467 e. The number of carbonyl (C=O) groups excluding carboxylic acids is 2. The van der Waals surface area contributed by atoms with Gasteiger partial charge >= 0.3 is 5.97 Å². The van der Waals surface area contributed by atoms with Crippen LogP contribution in [-0.4, -0.2) is 50.9 Å². The Balaban J connectivity index is 1.47. The summed E-state index contributed by atoms with van der Waals surface area (Å²) in [5, 5.41) is 0. The summed E-state index contributed by atoms with van der Waals surface area (Å²) in [6, 6.07) is 13.0. The van der Waals surface area contributed by atoms with Crippen LogP contribution in [0.3, 0.4) is 0 Å². The molecular formula is C25H28N2O5S. The molecule has 0 unspecified atom stereocenters. The molecule has 1 amide bonds. The minimum Gasteiger partial charge on any atom is -0.467 e. The number of esters is 1. The van der Waals surface area contributed by atoms with Crippen LogP contribution in [0.5, 0.6) is 0 Å². The van der Waals surface area contributed by atoms with Gasteiger partial charge in [0.15, 0.2) is 0 Å². The molecule has 2 aromatic rings. The third kappa shape index (κ3) is 3.70. The van der Waals surface area contributed by atoms with Gasteiger partial charge in [0, 0.05) is 18.2 Å². The van der Waals surface area contributed by atoms with Gasteiger partial charge in [-0.3, -0.25) is 9.10 Å². The maximum absolute atomic E-state index is 13.6. The van der Waals surface area contributed by atoms with Gasteiger partial charge in [-0.05, 0) is 61.4 Å². The highest BCUT2D eigenvalue weighted by molar-refractivity contribution is 7.92. The van der Waals surface area contributed by atoms with Gasteiger partial charge in [0.2, 0.25) is 0 Å². The Kier molecular flexibility index (Phi) is 5.64. The molecule has 174 valence electrons. The van der Waals surface area contributed by atoms with Gasteiger partial charge in [0.05, 0.1) is 17.7 Å². The number of nitrogens with zero attached hydrogens (tertiary/aromatic N) is 2. The van der Waals surface area contributed by atoms with E-state index in [0.29, 0.717) is 25.1 Å². The van der Waals surface area contributed by atoms with Crippen molar-refractivity contribution >= 4 is 27.6 Å². The number of para-hydroxylation sites is 1. The van der Waals surface area contributed by atoms with Crippen LogP contribution in [0.15, 0.2) is 53.4 Å². The molecule has 0 N–H and O–H groups in total. The lowest BCUT2D eigenvalue weighted by atomic mass is 9.84. The number of sulfonamides is 1. The molecule has 8 heteroatoms. The number of ether oxygens (including phenoxy) is 1. The minimum atomic E-state index is -3.82. The predicted octanol–water partition coefficient (Wildman–Crippen LogP) is 3.38. The summed E-state index contributed by atoms with van der Waals surface area (Å²) in [5.74, 6) is -0.436. The SMILES string of the molecule is COC(=O)[C@@H]1C[C@@H]2CCCC[C@@H]2N1C(=O)c1cccc(S(=O)(=O)N2CCc3ccccc32)c1. The number of rotatable bonds is 4. The van der Waals surface area contributed by atoms with Gasteiger partial charge in [-0.2, -0.15) is 0 Å². The third-order valence-corrected chi connectivity index (χ3v) is 9.12. The molecule has 1 aliphatic carbocycles. The topological polar surface area (TPSA) is 84.0 Å². The van der Waals surface area contributed by atoms with Crippen molar-refractivity contribution in [1.29, 1.82) is 0 Å². The van der Waals surface area contributed by atoms with E-state index in [1.54, 1.807) is 17.0 Å². The zero-order valence-corrected chi connectivity index (χ0v) is 19.5. The molecule has 1 saturated heterocycles. The van der Waals surface area contributed by atoms with E-state index in [2.05, 4.69) is 0 Å². The number of methoxy groups -OCH3 is 1. The summed E-state index contributed by atoms with van der Waals surface area (Å²) in [7, 11) is -2.48. The second-order valence-electron chi connectivity index (χ2n) is 9.08. The highest BCUT2D eigenvalue weighted by atomic mass is 32.2. The molecule has 1 saturated carbocycles. The molecule has 0 bridgehead atoms. The quantitative estimate of drug-likeness (QED) is 0.643. The minimum absolute atomic E-state index is 0.0129. The van der Waals surface area contributed by atoms with Crippen molar-refractivity contribution < 1.29 is 22.7 Å². The van der Waals surface area contributed by atoms with E-state index in [0.717, 1.165) is 31.2 Å². The normalized spacial score (nSPS) is 24.3. The van der Waals surface area contributed by atoms with E-state index in [9.17, 15) is 18.0 Å². The number of anilines is 1. The van der Waals surface area contributed by atoms with Crippen molar-refractivity contribution in [1.82, 2.24) is 4.90 Å².